The molecule has 0 aliphatic carbocycles. The number of rotatable bonds is 5. The topological polar surface area (TPSA) is 65.5 Å². The van der Waals surface area contributed by atoms with E-state index in [1.54, 1.807) is 18.0 Å². The number of piperidine rings is 1. The van der Waals surface area contributed by atoms with E-state index >= 15 is 0 Å². The number of pyridine rings is 1. The second-order valence-electron chi connectivity index (χ2n) is 7.12. The van der Waals surface area contributed by atoms with Crippen LogP contribution in [0.4, 0.5) is 10.5 Å². The Kier molecular flexibility index (Phi) is 6.74. The Morgan fingerprint density at radius 3 is 2.56 bits per heavy atom. The van der Waals surface area contributed by atoms with Gasteiger partial charge in [0, 0.05) is 29.4 Å². The number of carbonyl (C=O) groups excluding carboxylic acids is 1. The standard InChI is InChI=1S/C21H27N3O2S/c1-15(2)27-19-9-4-3-7-17(19)23-21(26)24-13-10-16(11-14-24)20(25)18-8-5-6-12-22-18/h3-9,12,15-16,20,25H,10-11,13-14H2,1-2H3,(H,23,26). The summed E-state index contributed by atoms with van der Waals surface area (Å²) in [4.78, 5) is 19.9. The van der Waals surface area contributed by atoms with Crippen molar-refractivity contribution in [1.82, 2.24) is 9.88 Å². The van der Waals surface area contributed by atoms with Crippen molar-refractivity contribution >= 4 is 23.5 Å². The lowest BCUT2D eigenvalue weighted by Crippen LogP contribution is -2.42. The van der Waals surface area contributed by atoms with Gasteiger partial charge in [-0.05, 0) is 43.0 Å². The van der Waals surface area contributed by atoms with Gasteiger partial charge in [0.05, 0.1) is 17.5 Å². The lowest BCUT2D eigenvalue weighted by molar-refractivity contribution is 0.0652. The maximum atomic E-state index is 12.7. The van der Waals surface area contributed by atoms with Crippen LogP contribution in [0, 0.1) is 5.92 Å². The van der Waals surface area contributed by atoms with E-state index in [4.69, 9.17) is 0 Å². The Balaban J connectivity index is 1.56. The molecule has 1 aliphatic rings. The van der Waals surface area contributed by atoms with Crippen molar-refractivity contribution in [2.45, 2.75) is 42.9 Å². The van der Waals surface area contributed by atoms with E-state index < -0.39 is 6.10 Å². The number of aliphatic hydroxyl groups is 1. The number of likely N-dealkylation sites (tertiary alicyclic amines) is 1. The fraction of sp³-hybridized carbons (Fsp3) is 0.429. The largest absolute Gasteiger partial charge is 0.387 e. The number of anilines is 1. The third kappa shape index (κ3) is 5.23. The molecule has 2 N–H and O–H groups in total. The van der Waals surface area contributed by atoms with Crippen molar-refractivity contribution in [3.05, 3.63) is 54.4 Å². The van der Waals surface area contributed by atoms with E-state index in [2.05, 4.69) is 24.1 Å². The Morgan fingerprint density at radius 2 is 1.89 bits per heavy atom. The predicted octanol–water partition coefficient (Wildman–Crippen LogP) is 4.56. The van der Waals surface area contributed by atoms with Gasteiger partial charge in [-0.15, -0.1) is 11.8 Å². The van der Waals surface area contributed by atoms with E-state index in [-0.39, 0.29) is 11.9 Å². The zero-order valence-electron chi connectivity index (χ0n) is 15.8. The number of aromatic nitrogens is 1. The van der Waals surface area contributed by atoms with Crippen molar-refractivity contribution < 1.29 is 9.90 Å². The van der Waals surface area contributed by atoms with E-state index in [0.717, 1.165) is 23.4 Å². The summed E-state index contributed by atoms with van der Waals surface area (Å²) in [5.41, 5.74) is 1.57. The Bertz CT molecular complexity index is 746. The van der Waals surface area contributed by atoms with Crippen molar-refractivity contribution in [3.63, 3.8) is 0 Å². The summed E-state index contributed by atoms with van der Waals surface area (Å²) in [7, 11) is 0. The van der Waals surface area contributed by atoms with Crippen LogP contribution >= 0.6 is 11.8 Å². The molecule has 2 aromatic rings. The number of benzene rings is 1. The van der Waals surface area contributed by atoms with Gasteiger partial charge in [-0.2, -0.15) is 0 Å². The highest BCUT2D eigenvalue weighted by atomic mass is 32.2. The molecule has 1 aliphatic heterocycles. The average Bonchev–Trinajstić information content (AvgIpc) is 2.69. The van der Waals surface area contributed by atoms with Crippen LogP contribution in [0.1, 0.15) is 38.5 Å². The number of carbonyl (C=O) groups is 1. The van der Waals surface area contributed by atoms with E-state index in [1.807, 2.05) is 47.4 Å². The van der Waals surface area contributed by atoms with Crippen LogP contribution in [0.2, 0.25) is 0 Å². The lowest BCUT2D eigenvalue weighted by atomic mass is 9.89. The van der Waals surface area contributed by atoms with Gasteiger partial charge in [0.15, 0.2) is 0 Å². The molecule has 3 rings (SSSR count). The van der Waals surface area contributed by atoms with E-state index in [1.165, 1.54) is 0 Å². The first-order valence-corrected chi connectivity index (χ1v) is 10.3. The summed E-state index contributed by atoms with van der Waals surface area (Å²) in [6, 6.07) is 13.4. The van der Waals surface area contributed by atoms with Crippen molar-refractivity contribution in [2.24, 2.45) is 5.92 Å². The molecule has 2 amide bonds. The molecule has 1 fully saturated rings. The van der Waals surface area contributed by atoms with Gasteiger partial charge in [-0.1, -0.05) is 32.0 Å². The molecule has 0 radical (unpaired) electrons. The molecule has 1 aromatic heterocycles. The number of thioether (sulfide) groups is 1. The number of amides is 2. The summed E-state index contributed by atoms with van der Waals surface area (Å²) in [5.74, 6) is 0.132. The summed E-state index contributed by atoms with van der Waals surface area (Å²) in [6.07, 6.45) is 2.68. The minimum absolute atomic E-state index is 0.0717. The number of urea groups is 1. The molecule has 6 heteroatoms. The summed E-state index contributed by atoms with van der Waals surface area (Å²) in [6.45, 7) is 5.56. The second kappa shape index (κ2) is 9.24. The number of nitrogens with one attached hydrogen (secondary N) is 1. The van der Waals surface area contributed by atoms with Crippen LogP contribution in [-0.2, 0) is 0 Å². The first-order valence-electron chi connectivity index (χ1n) is 9.45. The van der Waals surface area contributed by atoms with Gasteiger partial charge < -0.3 is 15.3 Å². The van der Waals surface area contributed by atoms with Gasteiger partial charge in [0.1, 0.15) is 0 Å². The number of hydrogen-bond acceptors (Lipinski definition) is 4. The SMILES string of the molecule is CC(C)Sc1ccccc1NC(=O)N1CCC(C(O)c2ccccn2)CC1. The van der Waals surface area contributed by atoms with E-state index in [9.17, 15) is 9.90 Å². The van der Waals surface area contributed by atoms with Crippen LogP contribution in [0.5, 0.6) is 0 Å². The summed E-state index contributed by atoms with van der Waals surface area (Å²) in [5, 5.41) is 14.0. The highest BCUT2D eigenvalue weighted by Gasteiger charge is 2.29. The third-order valence-corrected chi connectivity index (χ3v) is 5.84. The monoisotopic (exact) mass is 385 g/mol. The zero-order valence-corrected chi connectivity index (χ0v) is 16.7. The second-order valence-corrected chi connectivity index (χ2v) is 8.74. The van der Waals surface area contributed by atoms with Gasteiger partial charge in [-0.3, -0.25) is 4.98 Å². The maximum Gasteiger partial charge on any atom is 0.321 e. The molecule has 1 unspecified atom stereocenters. The van der Waals surface area contributed by atoms with Gasteiger partial charge in [0.2, 0.25) is 0 Å². The van der Waals surface area contributed by atoms with Gasteiger partial charge in [-0.25, -0.2) is 4.79 Å². The smallest absolute Gasteiger partial charge is 0.321 e. The predicted molar refractivity (Wildman–Crippen MR) is 110 cm³/mol. The quantitative estimate of drug-likeness (QED) is 0.741. The fourth-order valence-electron chi connectivity index (χ4n) is 3.33. The fourth-order valence-corrected chi connectivity index (χ4v) is 4.24. The first-order chi connectivity index (χ1) is 13.0. The minimum Gasteiger partial charge on any atom is -0.387 e. The molecule has 0 bridgehead atoms. The van der Waals surface area contributed by atoms with Crippen LogP contribution < -0.4 is 5.32 Å². The highest BCUT2D eigenvalue weighted by molar-refractivity contribution is 8.00. The number of nitrogens with zero attached hydrogens (tertiary/aromatic N) is 2. The molecule has 144 valence electrons. The van der Waals surface area contributed by atoms with Gasteiger partial charge >= 0.3 is 6.03 Å². The molecular formula is C21H27N3O2S. The molecular weight excluding hydrogens is 358 g/mol. The molecule has 2 heterocycles. The van der Waals surface area contributed by atoms with Crippen LogP contribution in [0.15, 0.2) is 53.6 Å². The minimum atomic E-state index is -0.570. The van der Waals surface area contributed by atoms with Crippen LogP contribution in [-0.4, -0.2) is 39.4 Å². The molecule has 1 aromatic carbocycles. The number of aliphatic hydroxyl groups excluding tert-OH is 1. The van der Waals surface area contributed by atoms with Crippen molar-refractivity contribution in [3.8, 4) is 0 Å². The first kappa shape index (κ1) is 19.7. The zero-order chi connectivity index (χ0) is 19.2. The molecule has 0 saturated carbocycles. The van der Waals surface area contributed by atoms with E-state index in [0.29, 0.717) is 24.0 Å². The number of hydrogen-bond donors (Lipinski definition) is 2. The number of para-hydroxylation sites is 1. The molecule has 27 heavy (non-hydrogen) atoms. The van der Waals surface area contributed by atoms with Gasteiger partial charge in [0.25, 0.3) is 0 Å². The third-order valence-electron chi connectivity index (χ3n) is 4.76. The summed E-state index contributed by atoms with van der Waals surface area (Å²) < 4.78 is 0. The molecule has 1 saturated heterocycles. The van der Waals surface area contributed by atoms with Crippen molar-refractivity contribution in [1.29, 1.82) is 0 Å². The Morgan fingerprint density at radius 1 is 1.19 bits per heavy atom. The molecule has 5 nitrogen and oxygen atoms in total. The summed E-state index contributed by atoms with van der Waals surface area (Å²) >= 11 is 1.74. The Labute approximate surface area is 165 Å². The molecule has 0 spiro atoms. The maximum absolute atomic E-state index is 12.7. The normalized spacial score (nSPS) is 16.4. The lowest BCUT2D eigenvalue weighted by Gasteiger charge is -2.34. The van der Waals surface area contributed by atoms with Crippen LogP contribution in [0.3, 0.4) is 0 Å². The van der Waals surface area contributed by atoms with Crippen molar-refractivity contribution in [2.75, 3.05) is 18.4 Å². The van der Waals surface area contributed by atoms with Crippen LogP contribution in [0.25, 0.3) is 0 Å². The highest BCUT2D eigenvalue weighted by Crippen LogP contribution is 2.32. The molecule has 1 atom stereocenters. The Hall–Kier alpha value is -2.05. The average molecular weight is 386 g/mol.